The van der Waals surface area contributed by atoms with Crippen LogP contribution < -0.4 is 10.6 Å². The fourth-order valence-corrected chi connectivity index (χ4v) is 3.11. The Morgan fingerprint density at radius 1 is 1.20 bits per heavy atom. The van der Waals surface area contributed by atoms with Gasteiger partial charge in [0, 0.05) is 31.9 Å². The van der Waals surface area contributed by atoms with Crippen molar-refractivity contribution in [2.24, 2.45) is 0 Å². The third kappa shape index (κ3) is 2.89. The van der Waals surface area contributed by atoms with Crippen LogP contribution in [0.1, 0.15) is 36.8 Å². The summed E-state index contributed by atoms with van der Waals surface area (Å²) in [7, 11) is 0. The molecule has 2 aliphatic rings. The standard InChI is InChI=1S/C16H23N3O/c20-16(19-10-2-1-3-11-19)18-12-14-7-4-6-13-8-5-9-17-15(13)14/h4,6-7,17H,1-3,5,8-12H2,(H,18,20). The van der Waals surface area contributed by atoms with Gasteiger partial charge in [-0.3, -0.25) is 0 Å². The van der Waals surface area contributed by atoms with Gasteiger partial charge in [-0.15, -0.1) is 0 Å². The Morgan fingerprint density at radius 2 is 2.05 bits per heavy atom. The second kappa shape index (κ2) is 6.16. The Hall–Kier alpha value is -1.71. The number of nitrogens with one attached hydrogen (secondary N) is 2. The molecule has 0 atom stereocenters. The van der Waals surface area contributed by atoms with Gasteiger partial charge in [0.2, 0.25) is 0 Å². The number of nitrogens with zero attached hydrogens (tertiary/aromatic N) is 1. The molecule has 4 heteroatoms. The maximum absolute atomic E-state index is 12.1. The van der Waals surface area contributed by atoms with Crippen LogP contribution in [0.3, 0.4) is 0 Å². The lowest BCUT2D eigenvalue weighted by molar-refractivity contribution is 0.186. The SMILES string of the molecule is O=C(NCc1cccc2c1NCCC2)N1CCCCC1. The first-order valence-corrected chi connectivity index (χ1v) is 7.72. The molecule has 4 nitrogen and oxygen atoms in total. The third-order valence-electron chi connectivity index (χ3n) is 4.24. The summed E-state index contributed by atoms with van der Waals surface area (Å²) in [6, 6.07) is 6.46. The van der Waals surface area contributed by atoms with E-state index in [2.05, 4.69) is 28.8 Å². The first-order chi connectivity index (χ1) is 9.84. The smallest absolute Gasteiger partial charge is 0.317 e. The number of carbonyl (C=O) groups excluding carboxylic acids is 1. The lowest BCUT2D eigenvalue weighted by Crippen LogP contribution is -2.42. The number of para-hydroxylation sites is 1. The number of benzene rings is 1. The summed E-state index contributed by atoms with van der Waals surface area (Å²) in [5.41, 5.74) is 3.81. The minimum absolute atomic E-state index is 0.0816. The van der Waals surface area contributed by atoms with E-state index < -0.39 is 0 Å². The fraction of sp³-hybridized carbons (Fsp3) is 0.562. The van der Waals surface area contributed by atoms with E-state index in [0.717, 1.165) is 38.9 Å². The van der Waals surface area contributed by atoms with Gasteiger partial charge >= 0.3 is 6.03 Å². The topological polar surface area (TPSA) is 44.4 Å². The predicted octanol–water partition coefficient (Wildman–Crippen LogP) is 2.74. The summed E-state index contributed by atoms with van der Waals surface area (Å²) in [6.07, 6.45) is 5.85. The molecule has 0 aromatic heterocycles. The molecule has 0 bridgehead atoms. The normalized spacial score (nSPS) is 18.1. The first kappa shape index (κ1) is 13.3. The molecule has 0 unspecified atom stereocenters. The van der Waals surface area contributed by atoms with E-state index in [1.807, 2.05) is 4.90 Å². The molecule has 0 saturated carbocycles. The molecular weight excluding hydrogens is 250 g/mol. The molecule has 108 valence electrons. The summed E-state index contributed by atoms with van der Waals surface area (Å²) in [5, 5.41) is 6.54. The van der Waals surface area contributed by atoms with E-state index in [1.54, 1.807) is 0 Å². The molecule has 0 radical (unpaired) electrons. The van der Waals surface area contributed by atoms with Gasteiger partial charge < -0.3 is 15.5 Å². The molecule has 2 N–H and O–H groups in total. The number of hydrogen-bond donors (Lipinski definition) is 2. The Kier molecular flexibility index (Phi) is 4.09. The van der Waals surface area contributed by atoms with E-state index in [0.29, 0.717) is 6.54 Å². The molecule has 1 fully saturated rings. The lowest BCUT2D eigenvalue weighted by atomic mass is 9.99. The second-order valence-electron chi connectivity index (χ2n) is 5.69. The van der Waals surface area contributed by atoms with Crippen LogP contribution in [-0.2, 0) is 13.0 Å². The highest BCUT2D eigenvalue weighted by Crippen LogP contribution is 2.25. The molecule has 0 spiro atoms. The van der Waals surface area contributed by atoms with Crippen LogP contribution in [-0.4, -0.2) is 30.6 Å². The highest BCUT2D eigenvalue weighted by molar-refractivity contribution is 5.74. The summed E-state index contributed by atoms with van der Waals surface area (Å²) in [6.45, 7) is 3.45. The molecule has 1 aromatic rings. The van der Waals surface area contributed by atoms with E-state index in [1.165, 1.54) is 29.7 Å². The van der Waals surface area contributed by atoms with Crippen molar-refractivity contribution >= 4 is 11.7 Å². The van der Waals surface area contributed by atoms with Crippen LogP contribution in [0.25, 0.3) is 0 Å². The third-order valence-corrected chi connectivity index (χ3v) is 4.24. The van der Waals surface area contributed by atoms with Crippen LogP contribution in [0, 0.1) is 0 Å². The predicted molar refractivity (Wildman–Crippen MR) is 80.9 cm³/mol. The monoisotopic (exact) mass is 273 g/mol. The molecule has 2 amide bonds. The van der Waals surface area contributed by atoms with Gasteiger partial charge in [0.05, 0.1) is 0 Å². The van der Waals surface area contributed by atoms with Crippen LogP contribution >= 0.6 is 0 Å². The molecule has 3 rings (SSSR count). The number of anilines is 1. The number of urea groups is 1. The molecular formula is C16H23N3O. The number of carbonyl (C=O) groups is 1. The van der Waals surface area contributed by atoms with E-state index in [-0.39, 0.29) is 6.03 Å². The number of rotatable bonds is 2. The first-order valence-electron chi connectivity index (χ1n) is 7.72. The van der Waals surface area contributed by atoms with Crippen molar-refractivity contribution in [1.29, 1.82) is 0 Å². The minimum Gasteiger partial charge on any atom is -0.385 e. The van der Waals surface area contributed by atoms with Crippen molar-refractivity contribution in [1.82, 2.24) is 10.2 Å². The van der Waals surface area contributed by atoms with Crippen LogP contribution in [0.2, 0.25) is 0 Å². The lowest BCUT2D eigenvalue weighted by Gasteiger charge is -2.27. The van der Waals surface area contributed by atoms with Gasteiger partial charge in [0.1, 0.15) is 0 Å². The number of likely N-dealkylation sites (tertiary alicyclic amines) is 1. The zero-order chi connectivity index (χ0) is 13.8. The van der Waals surface area contributed by atoms with Crippen LogP contribution in [0.5, 0.6) is 0 Å². The van der Waals surface area contributed by atoms with E-state index >= 15 is 0 Å². The van der Waals surface area contributed by atoms with Crippen molar-refractivity contribution in [3.8, 4) is 0 Å². The molecule has 2 aliphatic heterocycles. The maximum atomic E-state index is 12.1. The molecule has 1 aromatic carbocycles. The Bertz CT molecular complexity index is 481. The summed E-state index contributed by atoms with van der Waals surface area (Å²) in [5.74, 6) is 0. The highest BCUT2D eigenvalue weighted by Gasteiger charge is 2.17. The van der Waals surface area contributed by atoms with Crippen molar-refractivity contribution < 1.29 is 4.79 Å². The summed E-state index contributed by atoms with van der Waals surface area (Å²) < 4.78 is 0. The van der Waals surface area contributed by atoms with Crippen molar-refractivity contribution in [3.05, 3.63) is 29.3 Å². The quantitative estimate of drug-likeness (QED) is 0.870. The van der Waals surface area contributed by atoms with Gasteiger partial charge in [-0.2, -0.15) is 0 Å². The molecule has 2 heterocycles. The van der Waals surface area contributed by atoms with Gasteiger partial charge in [-0.1, -0.05) is 18.2 Å². The van der Waals surface area contributed by atoms with Crippen molar-refractivity contribution in [2.75, 3.05) is 25.0 Å². The molecule has 0 aliphatic carbocycles. The zero-order valence-corrected chi connectivity index (χ0v) is 12.0. The average Bonchev–Trinajstić information content (AvgIpc) is 2.53. The van der Waals surface area contributed by atoms with Gasteiger partial charge in [-0.25, -0.2) is 4.79 Å². The van der Waals surface area contributed by atoms with Gasteiger partial charge in [0.25, 0.3) is 0 Å². The van der Waals surface area contributed by atoms with Crippen LogP contribution in [0.15, 0.2) is 18.2 Å². The zero-order valence-electron chi connectivity index (χ0n) is 12.0. The number of piperidine rings is 1. The average molecular weight is 273 g/mol. The second-order valence-corrected chi connectivity index (χ2v) is 5.69. The highest BCUT2D eigenvalue weighted by atomic mass is 16.2. The van der Waals surface area contributed by atoms with E-state index in [9.17, 15) is 4.79 Å². The van der Waals surface area contributed by atoms with Gasteiger partial charge in [-0.05, 0) is 43.2 Å². The maximum Gasteiger partial charge on any atom is 0.317 e. The molecule has 1 saturated heterocycles. The van der Waals surface area contributed by atoms with Crippen molar-refractivity contribution in [2.45, 2.75) is 38.6 Å². The Morgan fingerprint density at radius 3 is 2.90 bits per heavy atom. The largest absolute Gasteiger partial charge is 0.385 e. The number of hydrogen-bond acceptors (Lipinski definition) is 2. The Labute approximate surface area is 120 Å². The van der Waals surface area contributed by atoms with Crippen LogP contribution in [0.4, 0.5) is 10.5 Å². The minimum atomic E-state index is 0.0816. The molecule has 20 heavy (non-hydrogen) atoms. The summed E-state index contributed by atoms with van der Waals surface area (Å²) in [4.78, 5) is 14.1. The fourth-order valence-electron chi connectivity index (χ4n) is 3.11. The van der Waals surface area contributed by atoms with Crippen molar-refractivity contribution in [3.63, 3.8) is 0 Å². The van der Waals surface area contributed by atoms with Gasteiger partial charge in [0.15, 0.2) is 0 Å². The van der Waals surface area contributed by atoms with E-state index in [4.69, 9.17) is 0 Å². The number of aryl methyl sites for hydroxylation is 1. The Balaban J connectivity index is 1.62. The number of fused-ring (bicyclic) bond motifs is 1. The summed E-state index contributed by atoms with van der Waals surface area (Å²) >= 11 is 0. The number of amides is 2.